The van der Waals surface area contributed by atoms with Crippen molar-refractivity contribution in [3.05, 3.63) is 59.9 Å². The zero-order valence-electron chi connectivity index (χ0n) is 12.0. The first-order valence-corrected chi connectivity index (χ1v) is 6.93. The fourth-order valence-electron chi connectivity index (χ4n) is 2.14. The predicted molar refractivity (Wildman–Crippen MR) is 78.5 cm³/mol. The van der Waals surface area contributed by atoms with Crippen molar-refractivity contribution in [2.24, 2.45) is 0 Å². The molecule has 2 rings (SSSR count). The average molecular weight is 308 g/mol. The smallest absolute Gasteiger partial charge is 0.387 e. The normalized spacial score (nSPS) is 11.1. The standard InChI is InChI=1S/C16H18F2N2O2/c17-16(18)22-15-5-3-13(4-6-15)11-20(8-9-21)12-14-2-1-7-19-10-14/h1-7,10,16,21H,8-9,11-12H2. The molecule has 0 saturated heterocycles. The molecule has 0 spiro atoms. The average Bonchev–Trinajstić information content (AvgIpc) is 2.50. The highest BCUT2D eigenvalue weighted by Crippen LogP contribution is 2.16. The third-order valence-electron chi connectivity index (χ3n) is 3.10. The van der Waals surface area contributed by atoms with E-state index in [-0.39, 0.29) is 12.4 Å². The summed E-state index contributed by atoms with van der Waals surface area (Å²) in [5.41, 5.74) is 2.01. The number of aromatic nitrogens is 1. The minimum Gasteiger partial charge on any atom is -0.435 e. The summed E-state index contributed by atoms with van der Waals surface area (Å²) in [5, 5.41) is 9.18. The summed E-state index contributed by atoms with van der Waals surface area (Å²) in [5.74, 6) is 0.139. The first-order chi connectivity index (χ1) is 10.7. The molecule has 22 heavy (non-hydrogen) atoms. The first kappa shape index (κ1) is 16.3. The van der Waals surface area contributed by atoms with Gasteiger partial charge in [-0.2, -0.15) is 8.78 Å². The van der Waals surface area contributed by atoms with Crippen molar-refractivity contribution in [3.63, 3.8) is 0 Å². The van der Waals surface area contributed by atoms with Gasteiger partial charge in [0.1, 0.15) is 5.75 Å². The second-order valence-electron chi connectivity index (χ2n) is 4.82. The van der Waals surface area contributed by atoms with Gasteiger partial charge in [-0.05, 0) is 29.3 Å². The van der Waals surface area contributed by atoms with E-state index in [4.69, 9.17) is 0 Å². The Morgan fingerprint density at radius 3 is 2.41 bits per heavy atom. The van der Waals surface area contributed by atoms with Crippen LogP contribution in [-0.4, -0.2) is 34.8 Å². The van der Waals surface area contributed by atoms with Gasteiger partial charge in [0.2, 0.25) is 0 Å². The van der Waals surface area contributed by atoms with Crippen LogP contribution in [0.4, 0.5) is 8.78 Å². The van der Waals surface area contributed by atoms with Crippen molar-refractivity contribution < 1.29 is 18.6 Å². The first-order valence-electron chi connectivity index (χ1n) is 6.93. The van der Waals surface area contributed by atoms with Crippen molar-refractivity contribution in [1.29, 1.82) is 0 Å². The number of ether oxygens (including phenoxy) is 1. The fraction of sp³-hybridized carbons (Fsp3) is 0.312. The van der Waals surface area contributed by atoms with Gasteiger partial charge in [0.05, 0.1) is 6.61 Å². The van der Waals surface area contributed by atoms with Crippen LogP contribution in [-0.2, 0) is 13.1 Å². The predicted octanol–water partition coefficient (Wildman–Crippen LogP) is 2.68. The molecule has 0 aliphatic heterocycles. The summed E-state index contributed by atoms with van der Waals surface area (Å²) < 4.78 is 28.5. The van der Waals surface area contributed by atoms with Crippen molar-refractivity contribution in [3.8, 4) is 5.75 Å². The number of aliphatic hydroxyl groups is 1. The van der Waals surface area contributed by atoms with E-state index in [9.17, 15) is 13.9 Å². The number of alkyl halides is 2. The molecular formula is C16H18F2N2O2. The van der Waals surface area contributed by atoms with Gasteiger partial charge < -0.3 is 9.84 Å². The molecule has 0 aliphatic carbocycles. The number of hydrogen-bond donors (Lipinski definition) is 1. The molecule has 0 amide bonds. The lowest BCUT2D eigenvalue weighted by Gasteiger charge is -2.21. The van der Waals surface area contributed by atoms with E-state index in [2.05, 4.69) is 14.6 Å². The zero-order valence-corrected chi connectivity index (χ0v) is 12.0. The van der Waals surface area contributed by atoms with E-state index in [1.54, 1.807) is 24.5 Å². The van der Waals surface area contributed by atoms with Gasteiger partial charge in [0.15, 0.2) is 0 Å². The van der Waals surface area contributed by atoms with Gasteiger partial charge in [-0.3, -0.25) is 9.88 Å². The van der Waals surface area contributed by atoms with E-state index < -0.39 is 6.61 Å². The number of nitrogens with zero attached hydrogens (tertiary/aromatic N) is 2. The number of aliphatic hydroxyl groups excluding tert-OH is 1. The van der Waals surface area contributed by atoms with Crippen LogP contribution >= 0.6 is 0 Å². The second-order valence-corrected chi connectivity index (χ2v) is 4.82. The summed E-state index contributed by atoms with van der Waals surface area (Å²) in [6.45, 7) is -0.993. The summed E-state index contributed by atoms with van der Waals surface area (Å²) in [6, 6.07) is 10.3. The largest absolute Gasteiger partial charge is 0.435 e. The maximum atomic E-state index is 12.1. The van der Waals surface area contributed by atoms with Crippen LogP contribution < -0.4 is 4.74 Å². The Balaban J connectivity index is 1.98. The lowest BCUT2D eigenvalue weighted by Crippen LogP contribution is -2.26. The van der Waals surface area contributed by atoms with Gasteiger partial charge >= 0.3 is 6.61 Å². The fourth-order valence-corrected chi connectivity index (χ4v) is 2.14. The van der Waals surface area contributed by atoms with Crippen molar-refractivity contribution >= 4 is 0 Å². The minimum absolute atomic E-state index is 0.0485. The van der Waals surface area contributed by atoms with Crippen LogP contribution in [0.2, 0.25) is 0 Å². The van der Waals surface area contributed by atoms with E-state index in [0.717, 1.165) is 11.1 Å². The molecule has 1 heterocycles. The van der Waals surface area contributed by atoms with Crippen LogP contribution in [0.25, 0.3) is 0 Å². The molecule has 2 aromatic rings. The molecule has 1 N–H and O–H groups in total. The molecule has 1 aromatic heterocycles. The third kappa shape index (κ3) is 5.38. The third-order valence-corrected chi connectivity index (χ3v) is 3.10. The lowest BCUT2D eigenvalue weighted by atomic mass is 10.2. The Bertz CT molecular complexity index is 550. The van der Waals surface area contributed by atoms with E-state index in [0.29, 0.717) is 19.6 Å². The molecule has 0 fully saturated rings. The molecule has 0 atom stereocenters. The van der Waals surface area contributed by atoms with Crippen LogP contribution in [0, 0.1) is 0 Å². The highest BCUT2D eigenvalue weighted by atomic mass is 19.3. The topological polar surface area (TPSA) is 45.6 Å². The molecule has 0 radical (unpaired) electrons. The lowest BCUT2D eigenvalue weighted by molar-refractivity contribution is -0.0498. The van der Waals surface area contributed by atoms with Crippen LogP contribution in [0.15, 0.2) is 48.8 Å². The zero-order chi connectivity index (χ0) is 15.8. The molecule has 0 bridgehead atoms. The summed E-state index contributed by atoms with van der Waals surface area (Å²) in [6.07, 6.45) is 3.49. The van der Waals surface area contributed by atoms with Crippen molar-refractivity contribution in [2.75, 3.05) is 13.2 Å². The maximum absolute atomic E-state index is 12.1. The number of halogens is 2. The Labute approximate surface area is 128 Å². The van der Waals surface area contributed by atoms with E-state index in [1.165, 1.54) is 12.1 Å². The molecule has 0 aliphatic rings. The Morgan fingerprint density at radius 2 is 1.82 bits per heavy atom. The van der Waals surface area contributed by atoms with E-state index in [1.807, 2.05) is 12.1 Å². The SMILES string of the molecule is OCCN(Cc1ccc(OC(F)F)cc1)Cc1cccnc1. The van der Waals surface area contributed by atoms with Crippen molar-refractivity contribution in [2.45, 2.75) is 19.7 Å². The van der Waals surface area contributed by atoms with Gasteiger partial charge in [-0.15, -0.1) is 0 Å². The van der Waals surface area contributed by atoms with Gasteiger partial charge in [-0.25, -0.2) is 0 Å². The molecule has 0 saturated carbocycles. The van der Waals surface area contributed by atoms with Gasteiger partial charge in [0.25, 0.3) is 0 Å². The second kappa shape index (κ2) is 8.41. The van der Waals surface area contributed by atoms with Gasteiger partial charge in [0, 0.05) is 32.0 Å². The Hall–Kier alpha value is -2.05. The summed E-state index contributed by atoms with van der Waals surface area (Å²) >= 11 is 0. The Kier molecular flexibility index (Phi) is 6.24. The Morgan fingerprint density at radius 1 is 1.09 bits per heavy atom. The summed E-state index contributed by atoms with van der Waals surface area (Å²) in [4.78, 5) is 6.12. The summed E-state index contributed by atoms with van der Waals surface area (Å²) in [7, 11) is 0. The van der Waals surface area contributed by atoms with Gasteiger partial charge in [-0.1, -0.05) is 18.2 Å². The van der Waals surface area contributed by atoms with E-state index >= 15 is 0 Å². The quantitative estimate of drug-likeness (QED) is 0.814. The minimum atomic E-state index is -2.82. The molecule has 118 valence electrons. The highest BCUT2D eigenvalue weighted by Gasteiger charge is 2.08. The number of benzene rings is 1. The highest BCUT2D eigenvalue weighted by molar-refractivity contribution is 5.27. The molecule has 6 heteroatoms. The molecule has 0 unspecified atom stereocenters. The number of hydrogen-bond acceptors (Lipinski definition) is 4. The molecular weight excluding hydrogens is 290 g/mol. The maximum Gasteiger partial charge on any atom is 0.387 e. The van der Waals surface area contributed by atoms with Crippen LogP contribution in [0.3, 0.4) is 0 Å². The number of rotatable bonds is 8. The number of pyridine rings is 1. The van der Waals surface area contributed by atoms with Crippen molar-refractivity contribution in [1.82, 2.24) is 9.88 Å². The monoisotopic (exact) mass is 308 g/mol. The van der Waals surface area contributed by atoms with Crippen LogP contribution in [0.5, 0.6) is 5.75 Å². The molecule has 4 nitrogen and oxygen atoms in total. The molecule has 1 aromatic carbocycles. The van der Waals surface area contributed by atoms with Crippen LogP contribution in [0.1, 0.15) is 11.1 Å².